The number of likely N-dealkylation sites (tertiary alicyclic amines) is 1. The molecule has 2 amide bonds. The van der Waals surface area contributed by atoms with E-state index in [1.54, 1.807) is 4.90 Å². The summed E-state index contributed by atoms with van der Waals surface area (Å²) in [5, 5.41) is 0. The summed E-state index contributed by atoms with van der Waals surface area (Å²) in [5.41, 5.74) is 0.662. The fourth-order valence-electron chi connectivity index (χ4n) is 3.80. The topological polar surface area (TPSA) is 49.9 Å². The molecule has 0 unspecified atom stereocenters. The quantitative estimate of drug-likeness (QED) is 0.825. The van der Waals surface area contributed by atoms with Crippen LogP contribution in [-0.4, -0.2) is 60.5 Å². The van der Waals surface area contributed by atoms with Crippen molar-refractivity contribution in [2.75, 3.05) is 32.8 Å². The highest BCUT2D eigenvalue weighted by Gasteiger charge is 2.35. The summed E-state index contributed by atoms with van der Waals surface area (Å²) in [6.45, 7) is 5.62. The molecule has 1 aromatic carbocycles. The number of nitrogens with zero attached hydrogens (tertiary/aromatic N) is 2. The first-order chi connectivity index (χ1) is 12.2. The van der Waals surface area contributed by atoms with E-state index in [0.29, 0.717) is 24.6 Å². The SMILES string of the molecule is CCN(C[C@@H]1CCOC1)C(=O)[C@H]1CCCCN1C(=O)c1ccccc1. The van der Waals surface area contributed by atoms with E-state index in [9.17, 15) is 9.59 Å². The van der Waals surface area contributed by atoms with Crippen LogP contribution in [-0.2, 0) is 9.53 Å². The summed E-state index contributed by atoms with van der Waals surface area (Å²) in [6, 6.07) is 8.96. The van der Waals surface area contributed by atoms with E-state index in [4.69, 9.17) is 4.74 Å². The van der Waals surface area contributed by atoms with Crippen molar-refractivity contribution in [3.63, 3.8) is 0 Å². The first kappa shape index (κ1) is 17.9. The zero-order valence-electron chi connectivity index (χ0n) is 15.0. The van der Waals surface area contributed by atoms with E-state index < -0.39 is 0 Å². The van der Waals surface area contributed by atoms with Gasteiger partial charge in [-0.3, -0.25) is 9.59 Å². The van der Waals surface area contributed by atoms with Gasteiger partial charge in [0.1, 0.15) is 6.04 Å². The standard InChI is InChI=1S/C20H28N2O3/c1-2-21(14-16-11-13-25-15-16)20(24)18-10-6-7-12-22(18)19(23)17-8-4-3-5-9-17/h3-5,8-9,16,18H,2,6-7,10-15H2,1H3/t16-,18+/m0/s1. The lowest BCUT2D eigenvalue weighted by Crippen LogP contribution is -2.53. The molecule has 3 rings (SSSR count). The van der Waals surface area contributed by atoms with E-state index >= 15 is 0 Å². The molecular weight excluding hydrogens is 316 g/mol. The summed E-state index contributed by atoms with van der Waals surface area (Å²) >= 11 is 0. The van der Waals surface area contributed by atoms with E-state index in [1.807, 2.05) is 42.2 Å². The Kier molecular flexibility index (Phi) is 6.08. The fraction of sp³-hybridized carbons (Fsp3) is 0.600. The van der Waals surface area contributed by atoms with E-state index in [2.05, 4.69) is 0 Å². The van der Waals surface area contributed by atoms with Crippen molar-refractivity contribution in [2.24, 2.45) is 5.92 Å². The van der Waals surface area contributed by atoms with Gasteiger partial charge in [0, 0.05) is 37.7 Å². The molecule has 0 aliphatic carbocycles. The molecule has 0 saturated carbocycles. The Labute approximate surface area is 149 Å². The van der Waals surface area contributed by atoms with Crippen LogP contribution in [0.3, 0.4) is 0 Å². The largest absolute Gasteiger partial charge is 0.381 e. The maximum atomic E-state index is 13.2. The Bertz CT molecular complexity index is 584. The second-order valence-corrected chi connectivity index (χ2v) is 6.98. The minimum absolute atomic E-state index is 0.0288. The van der Waals surface area contributed by atoms with Gasteiger partial charge in [-0.25, -0.2) is 0 Å². The molecule has 25 heavy (non-hydrogen) atoms. The molecule has 5 nitrogen and oxygen atoms in total. The number of hydrogen-bond donors (Lipinski definition) is 0. The molecule has 2 aliphatic rings. The monoisotopic (exact) mass is 344 g/mol. The average Bonchev–Trinajstić information content (AvgIpc) is 3.19. The van der Waals surface area contributed by atoms with Gasteiger partial charge in [-0.2, -0.15) is 0 Å². The van der Waals surface area contributed by atoms with Crippen molar-refractivity contribution in [2.45, 2.75) is 38.6 Å². The minimum Gasteiger partial charge on any atom is -0.381 e. The van der Waals surface area contributed by atoms with Crippen LogP contribution >= 0.6 is 0 Å². The van der Waals surface area contributed by atoms with Crippen LogP contribution < -0.4 is 0 Å². The Morgan fingerprint density at radius 3 is 2.68 bits per heavy atom. The van der Waals surface area contributed by atoms with Crippen LogP contribution in [0.15, 0.2) is 30.3 Å². The van der Waals surface area contributed by atoms with Crippen LogP contribution in [0, 0.1) is 5.92 Å². The number of benzene rings is 1. The van der Waals surface area contributed by atoms with Gasteiger partial charge in [0.15, 0.2) is 0 Å². The molecule has 2 heterocycles. The molecule has 2 fully saturated rings. The Morgan fingerprint density at radius 1 is 1.20 bits per heavy atom. The molecule has 2 atom stereocenters. The van der Waals surface area contributed by atoms with E-state index in [-0.39, 0.29) is 17.9 Å². The smallest absolute Gasteiger partial charge is 0.254 e. The number of hydrogen-bond acceptors (Lipinski definition) is 3. The van der Waals surface area contributed by atoms with Gasteiger partial charge in [-0.1, -0.05) is 18.2 Å². The van der Waals surface area contributed by atoms with Crippen LogP contribution in [0.25, 0.3) is 0 Å². The molecule has 0 N–H and O–H groups in total. The van der Waals surface area contributed by atoms with Crippen molar-refractivity contribution >= 4 is 11.8 Å². The summed E-state index contributed by atoms with van der Waals surface area (Å²) in [5.74, 6) is 0.489. The van der Waals surface area contributed by atoms with Gasteiger partial charge in [0.25, 0.3) is 5.91 Å². The van der Waals surface area contributed by atoms with Crippen molar-refractivity contribution in [3.05, 3.63) is 35.9 Å². The lowest BCUT2D eigenvalue weighted by atomic mass is 9.98. The number of carbonyl (C=O) groups is 2. The van der Waals surface area contributed by atoms with Crippen molar-refractivity contribution in [1.29, 1.82) is 0 Å². The van der Waals surface area contributed by atoms with E-state index in [0.717, 1.165) is 45.4 Å². The van der Waals surface area contributed by atoms with Crippen LogP contribution in [0.2, 0.25) is 0 Å². The van der Waals surface area contributed by atoms with Crippen molar-refractivity contribution in [1.82, 2.24) is 9.80 Å². The lowest BCUT2D eigenvalue weighted by molar-refractivity contribution is -0.137. The second kappa shape index (κ2) is 8.48. The number of likely N-dealkylation sites (N-methyl/N-ethyl adjacent to an activating group) is 1. The lowest BCUT2D eigenvalue weighted by Gasteiger charge is -2.38. The van der Waals surface area contributed by atoms with Gasteiger partial charge in [0.2, 0.25) is 5.91 Å². The number of rotatable bonds is 5. The maximum Gasteiger partial charge on any atom is 0.254 e. The van der Waals surface area contributed by atoms with Gasteiger partial charge >= 0.3 is 0 Å². The second-order valence-electron chi connectivity index (χ2n) is 6.98. The summed E-state index contributed by atoms with van der Waals surface area (Å²) in [7, 11) is 0. The minimum atomic E-state index is -0.330. The van der Waals surface area contributed by atoms with E-state index in [1.165, 1.54) is 0 Å². The molecule has 1 aromatic rings. The predicted octanol–water partition coefficient (Wildman–Crippen LogP) is 2.57. The summed E-state index contributed by atoms with van der Waals surface area (Å²) < 4.78 is 5.44. The molecule has 0 bridgehead atoms. The van der Waals surface area contributed by atoms with Gasteiger partial charge < -0.3 is 14.5 Å². The fourth-order valence-corrected chi connectivity index (χ4v) is 3.80. The highest BCUT2D eigenvalue weighted by Crippen LogP contribution is 2.23. The Hall–Kier alpha value is -1.88. The number of carbonyl (C=O) groups excluding carboxylic acids is 2. The zero-order valence-corrected chi connectivity index (χ0v) is 15.0. The van der Waals surface area contributed by atoms with Crippen LogP contribution in [0.5, 0.6) is 0 Å². The Morgan fingerprint density at radius 2 is 2.00 bits per heavy atom. The molecular formula is C20H28N2O3. The normalized spacial score (nSPS) is 23.5. The predicted molar refractivity (Wildman–Crippen MR) is 96.3 cm³/mol. The van der Waals surface area contributed by atoms with Crippen LogP contribution in [0.4, 0.5) is 0 Å². The average molecular weight is 344 g/mol. The zero-order chi connectivity index (χ0) is 17.6. The highest BCUT2D eigenvalue weighted by molar-refractivity contribution is 5.97. The molecule has 2 saturated heterocycles. The molecule has 5 heteroatoms. The summed E-state index contributed by atoms with van der Waals surface area (Å²) in [4.78, 5) is 29.8. The highest BCUT2D eigenvalue weighted by atomic mass is 16.5. The molecule has 2 aliphatic heterocycles. The van der Waals surface area contributed by atoms with Gasteiger partial charge in [-0.05, 0) is 44.7 Å². The van der Waals surface area contributed by atoms with Crippen molar-refractivity contribution in [3.8, 4) is 0 Å². The first-order valence-corrected chi connectivity index (χ1v) is 9.43. The third-order valence-electron chi connectivity index (χ3n) is 5.27. The van der Waals surface area contributed by atoms with Crippen molar-refractivity contribution < 1.29 is 14.3 Å². The van der Waals surface area contributed by atoms with Gasteiger partial charge in [0.05, 0.1) is 6.61 Å². The Balaban J connectivity index is 1.72. The molecule has 0 radical (unpaired) electrons. The number of piperidine rings is 1. The number of ether oxygens (including phenoxy) is 1. The van der Waals surface area contributed by atoms with Crippen LogP contribution in [0.1, 0.15) is 43.0 Å². The third-order valence-corrected chi connectivity index (χ3v) is 5.27. The van der Waals surface area contributed by atoms with Gasteiger partial charge in [-0.15, -0.1) is 0 Å². The molecule has 136 valence electrons. The number of amides is 2. The first-order valence-electron chi connectivity index (χ1n) is 9.43. The summed E-state index contributed by atoms with van der Waals surface area (Å²) in [6.07, 6.45) is 3.74. The molecule has 0 spiro atoms. The maximum absolute atomic E-state index is 13.2. The third kappa shape index (κ3) is 4.21. The molecule has 0 aromatic heterocycles.